The highest BCUT2D eigenvalue weighted by Gasteiger charge is 2.14. The van der Waals surface area contributed by atoms with Crippen LogP contribution in [0, 0.1) is 0 Å². The summed E-state index contributed by atoms with van der Waals surface area (Å²) in [5, 5.41) is 3.33. The van der Waals surface area contributed by atoms with E-state index < -0.39 is 0 Å². The summed E-state index contributed by atoms with van der Waals surface area (Å²) in [5.74, 6) is 1.09. The van der Waals surface area contributed by atoms with Gasteiger partial charge in [0.25, 0.3) is 0 Å². The Morgan fingerprint density at radius 2 is 2.19 bits per heavy atom. The van der Waals surface area contributed by atoms with E-state index in [-0.39, 0.29) is 0 Å². The van der Waals surface area contributed by atoms with Crippen molar-refractivity contribution in [2.75, 3.05) is 32.8 Å². The Bertz CT molecular complexity index is 306. The van der Waals surface area contributed by atoms with E-state index in [0.717, 1.165) is 51.7 Å². The molecule has 0 aromatic carbocycles. The molecule has 1 aromatic heterocycles. The number of hydrogen-bond acceptors (Lipinski definition) is 4. The highest BCUT2D eigenvalue weighted by molar-refractivity contribution is 5.16. The van der Waals surface area contributed by atoms with Crippen LogP contribution in [-0.2, 0) is 17.8 Å². The molecule has 0 saturated carbocycles. The van der Waals surface area contributed by atoms with Crippen molar-refractivity contribution in [3.05, 3.63) is 23.7 Å². The number of nitrogens with one attached hydrogen (secondary N) is 1. The molecule has 0 aliphatic carbocycles. The molecule has 1 aliphatic rings. The average Bonchev–Trinajstić information content (AvgIpc) is 2.75. The lowest BCUT2D eigenvalue weighted by atomic mass is 10.2. The van der Waals surface area contributed by atoms with E-state index >= 15 is 0 Å². The number of hydrogen-bond donors (Lipinski definition) is 1. The Morgan fingerprint density at radius 3 is 2.94 bits per heavy atom. The maximum absolute atomic E-state index is 5.54. The molecule has 1 N–H and O–H groups in total. The van der Waals surface area contributed by atoms with Gasteiger partial charge < -0.3 is 14.5 Å². The lowest BCUT2D eigenvalue weighted by Crippen LogP contribution is -2.35. The Morgan fingerprint density at radius 1 is 1.38 bits per heavy atom. The van der Waals surface area contributed by atoms with Gasteiger partial charge in [0.1, 0.15) is 5.76 Å². The van der Waals surface area contributed by atoms with Crippen LogP contribution in [0.4, 0.5) is 0 Å². The number of ether oxygens (including phenoxy) is 1. The van der Waals surface area contributed by atoms with Crippen LogP contribution in [0.15, 0.2) is 16.7 Å². The van der Waals surface area contributed by atoms with Crippen LogP contribution < -0.4 is 5.32 Å². The Labute approximate surface area is 96.6 Å². The normalized spacial score (nSPS) is 17.8. The van der Waals surface area contributed by atoms with Crippen LogP contribution in [0.25, 0.3) is 0 Å². The van der Waals surface area contributed by atoms with Gasteiger partial charge in [-0.05, 0) is 12.6 Å². The van der Waals surface area contributed by atoms with Gasteiger partial charge in [0.05, 0.1) is 26.0 Å². The fourth-order valence-electron chi connectivity index (χ4n) is 1.89. The fourth-order valence-corrected chi connectivity index (χ4v) is 1.89. The fraction of sp³-hybridized carbons (Fsp3) is 0.667. The van der Waals surface area contributed by atoms with E-state index in [9.17, 15) is 0 Å². The summed E-state index contributed by atoms with van der Waals surface area (Å²) in [6, 6.07) is 2.05. The number of furan rings is 1. The molecule has 0 amide bonds. The third kappa shape index (κ3) is 3.07. The largest absolute Gasteiger partial charge is 0.468 e. The molecule has 1 aliphatic heterocycles. The Hall–Kier alpha value is -0.840. The average molecular weight is 224 g/mol. The minimum absolute atomic E-state index is 0.837. The minimum atomic E-state index is 0.837. The van der Waals surface area contributed by atoms with Crippen molar-refractivity contribution in [3.8, 4) is 0 Å². The predicted molar refractivity (Wildman–Crippen MR) is 62.2 cm³/mol. The van der Waals surface area contributed by atoms with Crippen molar-refractivity contribution in [2.45, 2.75) is 20.0 Å². The third-order valence-corrected chi connectivity index (χ3v) is 2.87. The van der Waals surface area contributed by atoms with Gasteiger partial charge in [-0.3, -0.25) is 4.90 Å². The molecule has 1 fully saturated rings. The SMILES string of the molecule is CCNCc1ccoc1CN1CCOCC1. The second-order valence-corrected chi connectivity index (χ2v) is 4.04. The van der Waals surface area contributed by atoms with Crippen LogP contribution >= 0.6 is 0 Å². The molecule has 0 spiro atoms. The van der Waals surface area contributed by atoms with Crippen LogP contribution in [0.1, 0.15) is 18.2 Å². The van der Waals surface area contributed by atoms with Gasteiger partial charge in [0, 0.05) is 25.2 Å². The van der Waals surface area contributed by atoms with E-state index in [0.29, 0.717) is 0 Å². The summed E-state index contributed by atoms with van der Waals surface area (Å²) in [5.41, 5.74) is 1.27. The van der Waals surface area contributed by atoms with E-state index in [2.05, 4.69) is 23.2 Å². The summed E-state index contributed by atoms with van der Waals surface area (Å²) >= 11 is 0. The molecule has 0 unspecified atom stereocenters. The first kappa shape index (κ1) is 11.6. The highest BCUT2D eigenvalue weighted by Crippen LogP contribution is 2.14. The quantitative estimate of drug-likeness (QED) is 0.816. The van der Waals surface area contributed by atoms with Crippen LogP contribution in [-0.4, -0.2) is 37.7 Å². The van der Waals surface area contributed by atoms with Crippen molar-refractivity contribution in [1.82, 2.24) is 10.2 Å². The molecule has 1 saturated heterocycles. The lowest BCUT2D eigenvalue weighted by molar-refractivity contribution is 0.0311. The van der Waals surface area contributed by atoms with Gasteiger partial charge in [-0.2, -0.15) is 0 Å². The minimum Gasteiger partial charge on any atom is -0.468 e. The summed E-state index contributed by atoms with van der Waals surface area (Å²) < 4.78 is 10.9. The topological polar surface area (TPSA) is 37.6 Å². The standard InChI is InChI=1S/C12H20N2O2/c1-2-13-9-11-3-6-16-12(11)10-14-4-7-15-8-5-14/h3,6,13H,2,4-5,7-10H2,1H3. The third-order valence-electron chi connectivity index (χ3n) is 2.87. The molecular weight excluding hydrogens is 204 g/mol. The van der Waals surface area contributed by atoms with Crippen molar-refractivity contribution in [1.29, 1.82) is 0 Å². The smallest absolute Gasteiger partial charge is 0.122 e. The van der Waals surface area contributed by atoms with Gasteiger partial charge in [-0.1, -0.05) is 6.92 Å². The summed E-state index contributed by atoms with van der Waals surface area (Å²) in [4.78, 5) is 2.37. The first-order chi connectivity index (χ1) is 7.90. The molecule has 4 heteroatoms. The van der Waals surface area contributed by atoms with Crippen LogP contribution in [0.3, 0.4) is 0 Å². The Kier molecular flexibility index (Phi) is 4.39. The first-order valence-corrected chi connectivity index (χ1v) is 5.96. The highest BCUT2D eigenvalue weighted by atomic mass is 16.5. The molecule has 0 radical (unpaired) electrons. The van der Waals surface area contributed by atoms with Gasteiger partial charge in [-0.15, -0.1) is 0 Å². The molecule has 0 bridgehead atoms. The van der Waals surface area contributed by atoms with E-state index in [1.165, 1.54) is 5.56 Å². The number of rotatable bonds is 5. The summed E-state index contributed by atoms with van der Waals surface area (Å²) in [6.45, 7) is 8.57. The number of nitrogens with zero attached hydrogens (tertiary/aromatic N) is 1. The molecule has 16 heavy (non-hydrogen) atoms. The van der Waals surface area contributed by atoms with E-state index in [1.807, 2.05) is 0 Å². The Balaban J connectivity index is 1.89. The zero-order chi connectivity index (χ0) is 11.2. The van der Waals surface area contributed by atoms with Gasteiger partial charge in [0.15, 0.2) is 0 Å². The zero-order valence-electron chi connectivity index (χ0n) is 9.87. The molecule has 2 heterocycles. The first-order valence-electron chi connectivity index (χ1n) is 5.96. The molecule has 0 atom stereocenters. The molecule has 4 nitrogen and oxygen atoms in total. The van der Waals surface area contributed by atoms with Gasteiger partial charge in [-0.25, -0.2) is 0 Å². The molecule has 1 aromatic rings. The maximum atomic E-state index is 5.54. The van der Waals surface area contributed by atoms with E-state index in [4.69, 9.17) is 9.15 Å². The lowest BCUT2D eigenvalue weighted by Gasteiger charge is -2.25. The predicted octanol–water partition coefficient (Wildman–Crippen LogP) is 1.22. The van der Waals surface area contributed by atoms with Crippen molar-refractivity contribution >= 4 is 0 Å². The molecule has 90 valence electrons. The monoisotopic (exact) mass is 224 g/mol. The van der Waals surface area contributed by atoms with Crippen LogP contribution in [0.5, 0.6) is 0 Å². The number of morpholine rings is 1. The van der Waals surface area contributed by atoms with Gasteiger partial charge in [0.2, 0.25) is 0 Å². The summed E-state index contributed by atoms with van der Waals surface area (Å²) in [7, 11) is 0. The van der Waals surface area contributed by atoms with Gasteiger partial charge >= 0.3 is 0 Å². The maximum Gasteiger partial charge on any atom is 0.122 e. The second kappa shape index (κ2) is 6.03. The van der Waals surface area contributed by atoms with Crippen molar-refractivity contribution < 1.29 is 9.15 Å². The molecule has 2 rings (SSSR count). The van der Waals surface area contributed by atoms with Crippen molar-refractivity contribution in [3.63, 3.8) is 0 Å². The molecular formula is C12H20N2O2. The van der Waals surface area contributed by atoms with Crippen LogP contribution in [0.2, 0.25) is 0 Å². The van der Waals surface area contributed by atoms with Crippen molar-refractivity contribution in [2.24, 2.45) is 0 Å². The zero-order valence-corrected chi connectivity index (χ0v) is 9.87. The summed E-state index contributed by atoms with van der Waals surface area (Å²) in [6.07, 6.45) is 1.78. The second-order valence-electron chi connectivity index (χ2n) is 4.04. The van der Waals surface area contributed by atoms with E-state index in [1.54, 1.807) is 6.26 Å².